The maximum absolute atomic E-state index is 12.3. The predicted molar refractivity (Wildman–Crippen MR) is 109 cm³/mol. The number of benzene rings is 2. The number of carbonyl (C=O) groups is 4. The number of ketones is 1. The van der Waals surface area contributed by atoms with Crippen molar-refractivity contribution in [2.75, 3.05) is 5.32 Å². The summed E-state index contributed by atoms with van der Waals surface area (Å²) in [6.07, 6.45) is -1.11. The second-order valence-corrected chi connectivity index (χ2v) is 6.79. The van der Waals surface area contributed by atoms with Gasteiger partial charge in [-0.05, 0) is 45.0 Å². The topological polar surface area (TPSA) is 102 Å². The van der Waals surface area contributed by atoms with Gasteiger partial charge in [0.2, 0.25) is 0 Å². The third kappa shape index (κ3) is 6.15. The Labute approximate surface area is 173 Å². The van der Waals surface area contributed by atoms with E-state index in [2.05, 4.69) is 10.6 Å². The minimum absolute atomic E-state index is 0.135. The van der Waals surface area contributed by atoms with Crippen molar-refractivity contribution in [3.8, 4) is 0 Å². The number of amides is 2. The first-order chi connectivity index (χ1) is 13.7. The highest BCUT2D eigenvalue weighted by molar-refractivity contribution is 6.33. The molecule has 0 fully saturated rings. The Balaban J connectivity index is 1.92. The van der Waals surface area contributed by atoms with Crippen molar-refractivity contribution < 1.29 is 23.9 Å². The molecule has 0 saturated heterocycles. The van der Waals surface area contributed by atoms with Gasteiger partial charge in [0.1, 0.15) is 6.04 Å². The van der Waals surface area contributed by atoms with Crippen molar-refractivity contribution >= 4 is 40.9 Å². The fourth-order valence-corrected chi connectivity index (χ4v) is 2.59. The number of nitrogens with one attached hydrogen (secondary N) is 2. The summed E-state index contributed by atoms with van der Waals surface area (Å²) in [6.45, 7) is 4.27. The third-order valence-electron chi connectivity index (χ3n) is 4.02. The molecule has 2 aromatic carbocycles. The van der Waals surface area contributed by atoms with Gasteiger partial charge in [-0.2, -0.15) is 0 Å². The van der Waals surface area contributed by atoms with Crippen LogP contribution in [0.2, 0.25) is 5.02 Å². The molecule has 0 aliphatic heterocycles. The smallest absolute Gasteiger partial charge is 0.329 e. The molecule has 2 amide bonds. The summed E-state index contributed by atoms with van der Waals surface area (Å²) in [6, 6.07) is 11.8. The number of rotatable bonds is 7. The number of Topliss-reactive ketones (excluding diaryl/α,β-unsaturated/α-hetero) is 1. The summed E-state index contributed by atoms with van der Waals surface area (Å²) >= 11 is 5.96. The number of halogens is 1. The van der Waals surface area contributed by atoms with Crippen molar-refractivity contribution in [2.45, 2.75) is 32.9 Å². The number of ether oxygens (including phenoxy) is 1. The molecule has 2 aromatic rings. The van der Waals surface area contributed by atoms with Crippen LogP contribution in [0, 0.1) is 0 Å². The molecule has 0 saturated carbocycles. The van der Waals surface area contributed by atoms with Crippen LogP contribution < -0.4 is 10.6 Å². The Morgan fingerprint density at radius 1 is 1.00 bits per heavy atom. The van der Waals surface area contributed by atoms with E-state index in [1.54, 1.807) is 36.4 Å². The molecule has 29 heavy (non-hydrogen) atoms. The summed E-state index contributed by atoms with van der Waals surface area (Å²) in [7, 11) is 0. The van der Waals surface area contributed by atoms with E-state index in [-0.39, 0.29) is 16.4 Å². The summed E-state index contributed by atoms with van der Waals surface area (Å²) in [5.41, 5.74) is 1.08. The first-order valence-electron chi connectivity index (χ1n) is 8.86. The van der Waals surface area contributed by atoms with Gasteiger partial charge in [0.25, 0.3) is 11.8 Å². The van der Waals surface area contributed by atoms with Crippen molar-refractivity contribution in [1.82, 2.24) is 5.32 Å². The van der Waals surface area contributed by atoms with Crippen molar-refractivity contribution in [3.63, 3.8) is 0 Å². The first kappa shape index (κ1) is 22.1. The lowest BCUT2D eigenvalue weighted by Crippen LogP contribution is -2.42. The lowest BCUT2D eigenvalue weighted by atomic mass is 10.1. The predicted octanol–water partition coefficient (Wildman–Crippen LogP) is 3.23. The normalized spacial score (nSPS) is 12.4. The lowest BCUT2D eigenvalue weighted by molar-refractivity contribution is -0.154. The van der Waals surface area contributed by atoms with Crippen LogP contribution in [0.1, 0.15) is 41.5 Å². The van der Waals surface area contributed by atoms with E-state index in [1.807, 2.05) is 0 Å². The van der Waals surface area contributed by atoms with Gasteiger partial charge in [0.05, 0.1) is 10.6 Å². The molecule has 0 aliphatic carbocycles. The Bertz CT molecular complexity index is 944. The second-order valence-electron chi connectivity index (χ2n) is 6.38. The average Bonchev–Trinajstić information content (AvgIpc) is 2.68. The molecule has 7 nitrogen and oxygen atoms in total. The monoisotopic (exact) mass is 416 g/mol. The molecule has 2 N–H and O–H groups in total. The van der Waals surface area contributed by atoms with E-state index in [0.717, 1.165) is 0 Å². The van der Waals surface area contributed by atoms with Crippen molar-refractivity contribution in [1.29, 1.82) is 0 Å². The summed E-state index contributed by atoms with van der Waals surface area (Å²) in [5.74, 6) is -2.00. The van der Waals surface area contributed by atoms with E-state index in [4.69, 9.17) is 16.3 Å². The molecular formula is C21H21ClN2O5. The number of esters is 1. The average molecular weight is 417 g/mol. The molecule has 2 rings (SSSR count). The summed E-state index contributed by atoms with van der Waals surface area (Å²) in [4.78, 5) is 48.1. The van der Waals surface area contributed by atoms with Crippen LogP contribution in [0.4, 0.5) is 5.69 Å². The van der Waals surface area contributed by atoms with Gasteiger partial charge >= 0.3 is 5.97 Å². The standard InChI is InChI=1S/C21H21ClN2O5/c1-12(23-20(27)17-9-4-5-10-18(17)22)21(28)29-14(3)19(26)24-16-8-6-7-15(11-16)13(2)25/h4-12,14H,1-3H3,(H,23,27)(H,24,26). The molecule has 0 aromatic heterocycles. The fourth-order valence-electron chi connectivity index (χ4n) is 2.37. The Kier molecular flexibility index (Phi) is 7.50. The molecule has 2 unspecified atom stereocenters. The van der Waals surface area contributed by atoms with Crippen LogP contribution in [0.25, 0.3) is 0 Å². The maximum atomic E-state index is 12.3. The number of carbonyl (C=O) groups excluding carboxylic acids is 4. The van der Waals surface area contributed by atoms with Crippen LogP contribution in [-0.2, 0) is 14.3 Å². The summed E-state index contributed by atoms with van der Waals surface area (Å²) in [5, 5.41) is 5.32. The van der Waals surface area contributed by atoms with Crippen LogP contribution >= 0.6 is 11.6 Å². The van der Waals surface area contributed by atoms with Crippen LogP contribution in [0.5, 0.6) is 0 Å². The first-order valence-corrected chi connectivity index (χ1v) is 9.24. The minimum Gasteiger partial charge on any atom is -0.451 e. The number of anilines is 1. The van der Waals surface area contributed by atoms with Crippen LogP contribution in [0.15, 0.2) is 48.5 Å². The molecular weight excluding hydrogens is 396 g/mol. The van der Waals surface area contributed by atoms with Gasteiger partial charge in [0, 0.05) is 11.3 Å². The Morgan fingerprint density at radius 2 is 1.69 bits per heavy atom. The highest BCUT2D eigenvalue weighted by Gasteiger charge is 2.24. The number of hydrogen-bond donors (Lipinski definition) is 2. The maximum Gasteiger partial charge on any atom is 0.329 e. The van der Waals surface area contributed by atoms with Crippen molar-refractivity contribution in [2.24, 2.45) is 0 Å². The van der Waals surface area contributed by atoms with Gasteiger partial charge < -0.3 is 15.4 Å². The minimum atomic E-state index is -1.11. The molecule has 0 aliphatic rings. The molecule has 152 valence electrons. The van der Waals surface area contributed by atoms with Gasteiger partial charge in [0.15, 0.2) is 11.9 Å². The SMILES string of the molecule is CC(=O)c1cccc(NC(=O)C(C)OC(=O)C(C)NC(=O)c2ccccc2Cl)c1. The molecule has 0 spiro atoms. The van der Waals surface area contributed by atoms with E-state index < -0.39 is 29.9 Å². The molecule has 0 bridgehead atoms. The molecule has 8 heteroatoms. The molecule has 0 heterocycles. The zero-order chi connectivity index (χ0) is 21.6. The highest BCUT2D eigenvalue weighted by Crippen LogP contribution is 2.15. The van der Waals surface area contributed by atoms with Gasteiger partial charge in [-0.1, -0.05) is 35.9 Å². The lowest BCUT2D eigenvalue weighted by Gasteiger charge is -2.18. The van der Waals surface area contributed by atoms with Gasteiger partial charge in [-0.15, -0.1) is 0 Å². The summed E-state index contributed by atoms with van der Waals surface area (Å²) < 4.78 is 5.13. The van der Waals surface area contributed by atoms with E-state index >= 15 is 0 Å². The Morgan fingerprint density at radius 3 is 2.34 bits per heavy atom. The van der Waals surface area contributed by atoms with Crippen LogP contribution in [-0.4, -0.2) is 35.7 Å². The highest BCUT2D eigenvalue weighted by atomic mass is 35.5. The quantitative estimate of drug-likeness (QED) is 0.533. The molecule has 2 atom stereocenters. The Hall–Kier alpha value is -3.19. The number of hydrogen-bond acceptors (Lipinski definition) is 5. The zero-order valence-electron chi connectivity index (χ0n) is 16.2. The fraction of sp³-hybridized carbons (Fsp3) is 0.238. The van der Waals surface area contributed by atoms with Gasteiger partial charge in [-0.25, -0.2) is 4.79 Å². The van der Waals surface area contributed by atoms with E-state index in [1.165, 1.54) is 32.9 Å². The second kappa shape index (κ2) is 9.84. The largest absolute Gasteiger partial charge is 0.451 e. The molecule has 0 radical (unpaired) electrons. The zero-order valence-corrected chi connectivity index (χ0v) is 16.9. The van der Waals surface area contributed by atoms with E-state index in [0.29, 0.717) is 11.3 Å². The van der Waals surface area contributed by atoms with E-state index in [9.17, 15) is 19.2 Å². The van der Waals surface area contributed by atoms with Crippen molar-refractivity contribution in [3.05, 3.63) is 64.7 Å². The van der Waals surface area contributed by atoms with Gasteiger partial charge in [-0.3, -0.25) is 14.4 Å². The third-order valence-corrected chi connectivity index (χ3v) is 4.35. The van der Waals surface area contributed by atoms with Crippen LogP contribution in [0.3, 0.4) is 0 Å².